The van der Waals surface area contributed by atoms with Gasteiger partial charge in [0.2, 0.25) is 5.91 Å². The van der Waals surface area contributed by atoms with Gasteiger partial charge in [-0.3, -0.25) is 14.9 Å². The van der Waals surface area contributed by atoms with Gasteiger partial charge in [0.05, 0.1) is 23.6 Å². The Kier molecular flexibility index (Phi) is 4.30. The Hall–Kier alpha value is -2.61. The summed E-state index contributed by atoms with van der Waals surface area (Å²) >= 11 is 0. The van der Waals surface area contributed by atoms with E-state index >= 15 is 0 Å². The number of rotatable bonds is 2. The molecule has 27 heavy (non-hydrogen) atoms. The number of aromatic nitrogens is 3. The third kappa shape index (κ3) is 2.93. The van der Waals surface area contributed by atoms with E-state index in [1.54, 1.807) is 25.3 Å². The van der Waals surface area contributed by atoms with E-state index in [-0.39, 0.29) is 23.4 Å². The highest BCUT2D eigenvalue weighted by Gasteiger charge is 2.46. The van der Waals surface area contributed by atoms with Gasteiger partial charge >= 0.3 is 0 Å². The molecule has 0 bridgehead atoms. The minimum atomic E-state index is -0.366. The van der Waals surface area contributed by atoms with Crippen molar-refractivity contribution in [3.63, 3.8) is 0 Å². The summed E-state index contributed by atoms with van der Waals surface area (Å²) in [4.78, 5) is 36.7. The Morgan fingerprint density at radius 1 is 1.30 bits per heavy atom. The summed E-state index contributed by atoms with van der Waals surface area (Å²) < 4.78 is 1.85. The van der Waals surface area contributed by atoms with Crippen molar-refractivity contribution in [3.8, 4) is 0 Å². The molecule has 0 aliphatic carbocycles. The first-order chi connectivity index (χ1) is 12.9. The molecule has 8 nitrogen and oxygen atoms in total. The Bertz CT molecular complexity index is 859. The van der Waals surface area contributed by atoms with Gasteiger partial charge in [0, 0.05) is 52.5 Å². The lowest BCUT2D eigenvalue weighted by Crippen LogP contribution is -2.61. The van der Waals surface area contributed by atoms with Gasteiger partial charge < -0.3 is 19.4 Å². The number of hydrogen-bond acceptors (Lipinski definition) is 4. The molecule has 1 unspecified atom stereocenters. The number of likely N-dealkylation sites (N-methyl/N-ethyl adjacent to an activating group) is 1. The molecule has 1 atom stereocenters. The van der Waals surface area contributed by atoms with Gasteiger partial charge in [-0.2, -0.15) is 0 Å². The second-order valence-corrected chi connectivity index (χ2v) is 7.74. The zero-order chi connectivity index (χ0) is 19.2. The molecule has 8 heteroatoms. The van der Waals surface area contributed by atoms with Crippen molar-refractivity contribution in [2.45, 2.75) is 30.8 Å². The third-order valence-corrected chi connectivity index (χ3v) is 5.84. The van der Waals surface area contributed by atoms with E-state index in [2.05, 4.69) is 15.3 Å². The molecule has 0 saturated carbocycles. The van der Waals surface area contributed by atoms with Gasteiger partial charge in [-0.1, -0.05) is 0 Å². The monoisotopic (exact) mass is 370 g/mol. The van der Waals surface area contributed by atoms with Crippen LogP contribution < -0.4 is 5.32 Å². The first-order valence-electron chi connectivity index (χ1n) is 9.33. The number of nitrogens with zero attached hydrogens (tertiary/aromatic N) is 4. The maximum Gasteiger partial charge on any atom is 0.270 e. The molecule has 4 heterocycles. The van der Waals surface area contributed by atoms with Crippen LogP contribution in [0.1, 0.15) is 34.7 Å². The quantitative estimate of drug-likeness (QED) is 0.805. The van der Waals surface area contributed by atoms with Crippen LogP contribution in [-0.4, -0.2) is 69.4 Å². The Labute approximate surface area is 158 Å². The number of imidazole rings is 1. The Morgan fingerprint density at radius 2 is 2.04 bits per heavy atom. The molecule has 2 aromatic rings. The second-order valence-electron chi connectivity index (χ2n) is 7.74. The van der Waals surface area contributed by atoms with Crippen molar-refractivity contribution in [1.29, 1.82) is 0 Å². The Balaban J connectivity index is 1.55. The fraction of sp³-hybridized carbons (Fsp3) is 0.526. The number of carbonyl (C=O) groups is 2. The lowest BCUT2D eigenvalue weighted by Gasteiger charge is -2.46. The summed E-state index contributed by atoms with van der Waals surface area (Å²) in [6, 6.07) is 3.46. The number of nitrogens with one attached hydrogen (secondary N) is 2. The molecule has 2 aliphatic rings. The summed E-state index contributed by atoms with van der Waals surface area (Å²) in [6.45, 7) is 1.26. The molecule has 2 amide bonds. The van der Waals surface area contributed by atoms with Crippen molar-refractivity contribution in [1.82, 2.24) is 29.7 Å². The largest absolute Gasteiger partial charge is 0.348 e. The topological polar surface area (TPSA) is 86.3 Å². The van der Waals surface area contributed by atoms with Crippen molar-refractivity contribution < 1.29 is 9.59 Å². The molecule has 1 fully saturated rings. The smallest absolute Gasteiger partial charge is 0.270 e. The van der Waals surface area contributed by atoms with E-state index in [1.807, 2.05) is 34.8 Å². The van der Waals surface area contributed by atoms with Crippen LogP contribution in [0, 0.1) is 0 Å². The van der Waals surface area contributed by atoms with E-state index in [0.29, 0.717) is 25.2 Å². The van der Waals surface area contributed by atoms with Crippen molar-refractivity contribution in [2.24, 2.45) is 7.05 Å². The van der Waals surface area contributed by atoms with Gasteiger partial charge in [0.25, 0.3) is 5.91 Å². The van der Waals surface area contributed by atoms with E-state index in [1.165, 1.54) is 0 Å². The maximum atomic E-state index is 12.8. The highest BCUT2D eigenvalue weighted by molar-refractivity contribution is 5.92. The number of aryl methyl sites for hydroxylation is 1. The summed E-state index contributed by atoms with van der Waals surface area (Å²) in [7, 11) is 5.44. The van der Waals surface area contributed by atoms with Crippen LogP contribution in [0.2, 0.25) is 0 Å². The number of aromatic amines is 1. The van der Waals surface area contributed by atoms with Crippen LogP contribution in [0.25, 0.3) is 0 Å². The van der Waals surface area contributed by atoms with Gasteiger partial charge in [0.1, 0.15) is 5.69 Å². The second kappa shape index (κ2) is 6.53. The zero-order valence-electron chi connectivity index (χ0n) is 16.0. The van der Waals surface area contributed by atoms with Gasteiger partial charge in [-0.05, 0) is 25.0 Å². The van der Waals surface area contributed by atoms with Crippen LogP contribution in [0.5, 0.6) is 0 Å². The number of likely N-dealkylation sites (tertiary alicyclic amines) is 1. The van der Waals surface area contributed by atoms with Gasteiger partial charge in [0.15, 0.2) is 0 Å². The minimum absolute atomic E-state index is 0.0522. The maximum absolute atomic E-state index is 12.8. The van der Waals surface area contributed by atoms with E-state index in [0.717, 1.165) is 24.2 Å². The average Bonchev–Trinajstić information content (AvgIpc) is 3.30. The number of amides is 2. The van der Waals surface area contributed by atoms with E-state index < -0.39 is 0 Å². The highest BCUT2D eigenvalue weighted by atomic mass is 16.2. The lowest BCUT2D eigenvalue weighted by atomic mass is 9.78. The summed E-state index contributed by atoms with van der Waals surface area (Å²) in [5.41, 5.74) is 2.35. The molecule has 1 spiro atoms. The van der Waals surface area contributed by atoms with Crippen LogP contribution in [-0.2, 0) is 23.8 Å². The fourth-order valence-corrected chi connectivity index (χ4v) is 4.32. The van der Waals surface area contributed by atoms with Crippen LogP contribution >= 0.6 is 0 Å². The molecule has 0 aromatic carbocycles. The third-order valence-electron chi connectivity index (χ3n) is 5.84. The van der Waals surface area contributed by atoms with Crippen molar-refractivity contribution >= 4 is 11.8 Å². The molecule has 2 aliphatic heterocycles. The predicted molar refractivity (Wildman–Crippen MR) is 100 cm³/mol. The molecule has 1 saturated heterocycles. The minimum Gasteiger partial charge on any atom is -0.348 e. The van der Waals surface area contributed by atoms with E-state index in [4.69, 9.17) is 0 Å². The summed E-state index contributed by atoms with van der Waals surface area (Å²) in [5, 5.41) is 3.58. The number of piperidine rings is 1. The van der Waals surface area contributed by atoms with Crippen LogP contribution in [0.4, 0.5) is 0 Å². The first-order valence-corrected chi connectivity index (χ1v) is 9.33. The van der Waals surface area contributed by atoms with Gasteiger partial charge in [-0.15, -0.1) is 0 Å². The van der Waals surface area contributed by atoms with Crippen molar-refractivity contribution in [3.05, 3.63) is 41.7 Å². The zero-order valence-corrected chi connectivity index (χ0v) is 16.0. The fourth-order valence-electron chi connectivity index (χ4n) is 4.32. The molecule has 0 radical (unpaired) electrons. The molecule has 2 N–H and O–H groups in total. The van der Waals surface area contributed by atoms with Crippen LogP contribution in [0.15, 0.2) is 24.7 Å². The van der Waals surface area contributed by atoms with Gasteiger partial charge in [-0.25, -0.2) is 4.98 Å². The molecule has 144 valence electrons. The molecule has 2 aromatic heterocycles. The first kappa shape index (κ1) is 17.8. The highest BCUT2D eigenvalue weighted by Crippen LogP contribution is 2.37. The predicted octanol–water partition coefficient (Wildman–Crippen LogP) is 0.482. The SMILES string of the molecule is CN(C)C(=O)C1Cc2[nH]cnc2C2(CCN(C(=O)c3cccn3C)CC2)N1. The number of carbonyl (C=O) groups excluding carboxylic acids is 2. The van der Waals surface area contributed by atoms with Crippen LogP contribution in [0.3, 0.4) is 0 Å². The standard InChI is InChI=1S/C19H26N6O2/c1-23(2)17(26)14-11-13-16(21-12-20-13)19(22-14)6-9-25(10-7-19)18(27)15-5-4-8-24(15)3/h4-5,8,12,14,22H,6-7,9-11H2,1-3H3,(H,20,21). The molecular weight excluding hydrogens is 344 g/mol. The lowest BCUT2D eigenvalue weighted by molar-refractivity contribution is -0.132. The van der Waals surface area contributed by atoms with Crippen molar-refractivity contribution in [2.75, 3.05) is 27.2 Å². The summed E-state index contributed by atoms with van der Waals surface area (Å²) in [6.07, 6.45) is 5.67. The number of hydrogen-bond donors (Lipinski definition) is 2. The molecule has 4 rings (SSSR count). The Morgan fingerprint density at radius 3 is 2.67 bits per heavy atom. The number of H-pyrrole nitrogens is 1. The average molecular weight is 370 g/mol. The normalized spacial score (nSPS) is 21.1. The summed E-state index contributed by atoms with van der Waals surface area (Å²) in [5.74, 6) is 0.119. The molecular formula is C19H26N6O2. The number of fused-ring (bicyclic) bond motifs is 2. The van der Waals surface area contributed by atoms with E-state index in [9.17, 15) is 9.59 Å².